The summed E-state index contributed by atoms with van der Waals surface area (Å²) in [6, 6.07) is 4.92. The average molecular weight is 231 g/mol. The van der Waals surface area contributed by atoms with Crippen LogP contribution in [0, 0.1) is 0 Å². The fraction of sp³-hybridized carbons (Fsp3) is 0.100. The number of carboxylic acids is 1. The molecular weight excluding hydrogens is 223 g/mol. The first kappa shape index (κ1) is 11.1. The Balaban J connectivity index is 2.91. The Hall–Kier alpha value is -0.990. The molecule has 1 N–H and O–H groups in total. The number of halogens is 2. The predicted octanol–water partition coefficient (Wildman–Crippen LogP) is 3.48. The van der Waals surface area contributed by atoms with Gasteiger partial charge in [-0.2, -0.15) is 0 Å². The third-order valence-electron chi connectivity index (χ3n) is 1.69. The van der Waals surface area contributed by atoms with E-state index in [0.717, 1.165) is 0 Å². The molecule has 1 aromatic carbocycles. The number of hydrogen-bond acceptors (Lipinski definition) is 1. The van der Waals surface area contributed by atoms with Crippen molar-refractivity contribution in [1.29, 1.82) is 0 Å². The van der Waals surface area contributed by atoms with Crippen LogP contribution in [-0.4, -0.2) is 11.1 Å². The van der Waals surface area contributed by atoms with Crippen LogP contribution in [0.4, 0.5) is 0 Å². The van der Waals surface area contributed by atoms with Crippen LogP contribution in [0.5, 0.6) is 0 Å². The number of benzene rings is 1. The zero-order valence-corrected chi connectivity index (χ0v) is 8.77. The summed E-state index contributed by atoms with van der Waals surface area (Å²) in [5.41, 5.74) is 1.21. The normalized spacial score (nSPS) is 9.86. The lowest BCUT2D eigenvalue weighted by Crippen LogP contribution is -1.95. The van der Waals surface area contributed by atoms with Crippen molar-refractivity contribution in [2.75, 3.05) is 0 Å². The monoisotopic (exact) mass is 230 g/mol. The predicted molar refractivity (Wildman–Crippen MR) is 57.7 cm³/mol. The summed E-state index contributed by atoms with van der Waals surface area (Å²) in [5.74, 6) is -0.916. The van der Waals surface area contributed by atoms with Gasteiger partial charge in [0, 0.05) is 0 Å². The number of carboxylic acid groups (broad SMARTS) is 1. The number of rotatable bonds is 3. The van der Waals surface area contributed by atoms with Gasteiger partial charge in [0.05, 0.1) is 16.5 Å². The lowest BCUT2D eigenvalue weighted by molar-refractivity contribution is -0.135. The summed E-state index contributed by atoms with van der Waals surface area (Å²) in [7, 11) is 0. The van der Waals surface area contributed by atoms with Crippen LogP contribution in [0.2, 0.25) is 10.0 Å². The number of carbonyl (C=O) groups is 1. The fourth-order valence-electron chi connectivity index (χ4n) is 1.00. The molecule has 0 atom stereocenters. The summed E-state index contributed by atoms with van der Waals surface area (Å²) in [5, 5.41) is 9.39. The van der Waals surface area contributed by atoms with E-state index in [1.54, 1.807) is 18.2 Å². The van der Waals surface area contributed by atoms with Gasteiger partial charge in [0.2, 0.25) is 0 Å². The van der Waals surface area contributed by atoms with E-state index in [0.29, 0.717) is 21.2 Å². The molecular formula is C10H8Cl2O2. The van der Waals surface area contributed by atoms with Crippen molar-refractivity contribution in [1.82, 2.24) is 0 Å². The van der Waals surface area contributed by atoms with Gasteiger partial charge in [-0.3, -0.25) is 4.79 Å². The highest BCUT2D eigenvalue weighted by Gasteiger charge is 2.06. The van der Waals surface area contributed by atoms with Gasteiger partial charge >= 0.3 is 5.97 Å². The second kappa shape index (κ2) is 4.49. The molecule has 0 aliphatic rings. The van der Waals surface area contributed by atoms with E-state index >= 15 is 0 Å². The van der Waals surface area contributed by atoms with E-state index in [4.69, 9.17) is 28.3 Å². The topological polar surface area (TPSA) is 37.3 Å². The second-order valence-corrected chi connectivity index (χ2v) is 3.62. The lowest BCUT2D eigenvalue weighted by Gasteiger charge is -2.04. The molecule has 0 saturated carbocycles. The molecule has 2 nitrogen and oxygen atoms in total. The van der Waals surface area contributed by atoms with Crippen molar-refractivity contribution >= 4 is 34.7 Å². The highest BCUT2D eigenvalue weighted by atomic mass is 35.5. The molecule has 0 amide bonds. The van der Waals surface area contributed by atoms with Crippen molar-refractivity contribution in [3.8, 4) is 0 Å². The molecule has 0 saturated heterocycles. The SMILES string of the molecule is C=C(CC(=O)O)c1ccc(Cl)c(Cl)c1. The maximum Gasteiger partial charge on any atom is 0.307 e. The molecule has 14 heavy (non-hydrogen) atoms. The molecule has 0 heterocycles. The zero-order chi connectivity index (χ0) is 10.7. The summed E-state index contributed by atoms with van der Waals surface area (Å²) in [6.45, 7) is 3.65. The summed E-state index contributed by atoms with van der Waals surface area (Å²) >= 11 is 11.5. The smallest absolute Gasteiger partial charge is 0.307 e. The van der Waals surface area contributed by atoms with Crippen LogP contribution < -0.4 is 0 Å². The fourth-order valence-corrected chi connectivity index (χ4v) is 1.30. The molecule has 0 spiro atoms. The second-order valence-electron chi connectivity index (χ2n) is 2.80. The van der Waals surface area contributed by atoms with Gasteiger partial charge in [-0.25, -0.2) is 0 Å². The van der Waals surface area contributed by atoms with Gasteiger partial charge in [0.25, 0.3) is 0 Å². The maximum atomic E-state index is 10.4. The Morgan fingerprint density at radius 2 is 2.00 bits per heavy atom. The van der Waals surface area contributed by atoms with E-state index < -0.39 is 5.97 Å². The van der Waals surface area contributed by atoms with Crippen molar-refractivity contribution in [2.24, 2.45) is 0 Å². The number of hydrogen-bond donors (Lipinski definition) is 1. The Morgan fingerprint density at radius 1 is 1.36 bits per heavy atom. The highest BCUT2D eigenvalue weighted by Crippen LogP contribution is 2.26. The largest absolute Gasteiger partial charge is 0.481 e. The lowest BCUT2D eigenvalue weighted by atomic mass is 10.1. The first-order valence-corrected chi connectivity index (χ1v) is 4.61. The van der Waals surface area contributed by atoms with Gasteiger partial charge in [-0.1, -0.05) is 35.8 Å². The van der Waals surface area contributed by atoms with Crippen LogP contribution in [0.15, 0.2) is 24.8 Å². The minimum absolute atomic E-state index is 0.0992. The maximum absolute atomic E-state index is 10.4. The molecule has 0 unspecified atom stereocenters. The molecule has 0 aliphatic heterocycles. The van der Waals surface area contributed by atoms with Crippen molar-refractivity contribution in [3.05, 3.63) is 40.4 Å². The van der Waals surface area contributed by atoms with E-state index in [1.807, 2.05) is 0 Å². The van der Waals surface area contributed by atoms with E-state index in [9.17, 15) is 4.79 Å². The third kappa shape index (κ3) is 2.76. The first-order valence-electron chi connectivity index (χ1n) is 3.85. The standard InChI is InChI=1S/C10H8Cl2O2/c1-6(4-10(13)14)7-2-3-8(11)9(12)5-7/h2-3,5H,1,4H2,(H,13,14). The van der Waals surface area contributed by atoms with Gasteiger partial charge in [0.1, 0.15) is 0 Å². The van der Waals surface area contributed by atoms with Crippen LogP contribution >= 0.6 is 23.2 Å². The minimum atomic E-state index is -0.916. The van der Waals surface area contributed by atoms with E-state index in [1.165, 1.54) is 0 Å². The quantitative estimate of drug-likeness (QED) is 0.864. The van der Waals surface area contributed by atoms with Crippen molar-refractivity contribution in [3.63, 3.8) is 0 Å². The molecule has 74 valence electrons. The van der Waals surface area contributed by atoms with Crippen LogP contribution in [0.1, 0.15) is 12.0 Å². The molecule has 1 aromatic rings. The van der Waals surface area contributed by atoms with Gasteiger partial charge in [-0.15, -0.1) is 0 Å². The summed E-state index contributed by atoms with van der Waals surface area (Å²) in [6.07, 6.45) is -0.0992. The van der Waals surface area contributed by atoms with Crippen molar-refractivity contribution in [2.45, 2.75) is 6.42 Å². The zero-order valence-electron chi connectivity index (χ0n) is 7.26. The minimum Gasteiger partial charge on any atom is -0.481 e. The summed E-state index contributed by atoms with van der Waals surface area (Å²) < 4.78 is 0. The molecule has 0 bridgehead atoms. The number of aliphatic carboxylic acids is 1. The molecule has 0 fully saturated rings. The first-order chi connectivity index (χ1) is 6.50. The molecule has 0 aromatic heterocycles. The molecule has 0 radical (unpaired) electrons. The van der Waals surface area contributed by atoms with Gasteiger partial charge in [0.15, 0.2) is 0 Å². The Kier molecular flexibility index (Phi) is 3.55. The highest BCUT2D eigenvalue weighted by molar-refractivity contribution is 6.42. The molecule has 4 heteroatoms. The van der Waals surface area contributed by atoms with Gasteiger partial charge in [-0.05, 0) is 23.3 Å². The molecule has 1 rings (SSSR count). The Bertz CT molecular complexity index is 386. The van der Waals surface area contributed by atoms with Crippen LogP contribution in [-0.2, 0) is 4.79 Å². The van der Waals surface area contributed by atoms with Crippen LogP contribution in [0.3, 0.4) is 0 Å². The van der Waals surface area contributed by atoms with Gasteiger partial charge < -0.3 is 5.11 Å². The Labute approximate surface area is 91.8 Å². The summed E-state index contributed by atoms with van der Waals surface area (Å²) in [4.78, 5) is 10.4. The van der Waals surface area contributed by atoms with E-state index in [-0.39, 0.29) is 6.42 Å². The molecule has 0 aliphatic carbocycles. The Morgan fingerprint density at radius 3 is 2.50 bits per heavy atom. The van der Waals surface area contributed by atoms with Crippen LogP contribution in [0.25, 0.3) is 5.57 Å². The van der Waals surface area contributed by atoms with E-state index in [2.05, 4.69) is 6.58 Å². The van der Waals surface area contributed by atoms with Crippen molar-refractivity contribution < 1.29 is 9.90 Å². The third-order valence-corrected chi connectivity index (χ3v) is 2.43. The average Bonchev–Trinajstić information content (AvgIpc) is 2.08.